The van der Waals surface area contributed by atoms with E-state index >= 15 is 0 Å². The normalized spacial score (nSPS) is 11.6. The minimum Gasteiger partial charge on any atom is -0.309 e. The summed E-state index contributed by atoms with van der Waals surface area (Å²) in [5.41, 5.74) is 45.4. The number of para-hydroxylation sites is 3. The zero-order chi connectivity index (χ0) is 99.1. The van der Waals surface area contributed by atoms with Crippen LogP contribution in [-0.4, -0.2) is 42.4 Å². The molecule has 9 nitrogen and oxygen atoms in total. The van der Waals surface area contributed by atoms with E-state index in [4.69, 9.17) is 15.0 Å². The van der Waals surface area contributed by atoms with Crippen molar-refractivity contribution >= 4 is 131 Å². The number of benzene rings is 21. The zero-order valence-electron chi connectivity index (χ0n) is 81.7. The van der Waals surface area contributed by atoms with Crippen LogP contribution in [0.1, 0.15) is 0 Å². The molecule has 0 bridgehead atoms. The van der Waals surface area contributed by atoms with Crippen molar-refractivity contribution in [3.8, 4) is 134 Å². The van der Waals surface area contributed by atoms with E-state index in [1.165, 1.54) is 166 Å². The number of fused-ring (bicyclic) bond motifs is 18. The first-order valence-electron chi connectivity index (χ1n) is 51.1. The molecule has 0 saturated carbocycles. The van der Waals surface area contributed by atoms with Gasteiger partial charge in [0, 0.05) is 101 Å². The summed E-state index contributed by atoms with van der Waals surface area (Å²) in [6, 6.07) is 196. The summed E-state index contributed by atoms with van der Waals surface area (Å²) in [7, 11) is 0. The van der Waals surface area contributed by atoms with Crippen LogP contribution >= 0.6 is 0 Å². The molecular formula is C141H93N9. The first-order chi connectivity index (χ1) is 74.4. The maximum Gasteiger partial charge on any atom is 0.0963 e. The van der Waals surface area contributed by atoms with Gasteiger partial charge in [0.2, 0.25) is 0 Å². The molecular weight excluding hydrogens is 1820 g/mol. The van der Waals surface area contributed by atoms with Crippen molar-refractivity contribution in [3.05, 3.63) is 565 Å². The van der Waals surface area contributed by atoms with Gasteiger partial charge in [-0.25, -0.2) is 0 Å². The second-order valence-electron chi connectivity index (χ2n) is 38.6. The standard InChI is InChI=1S/3C47H31N3/c1-3-12-32(13-4-1)34-16-9-18-38(28-34)49-43-21-8-7-20-40(43)41-30-36(23-25-44(41)49)37-24-26-45-42(31-37)47-46(22-11-27-48-47)50(45)39-19-10-17-35(29-39)33-14-5-2-6-15-33;1-3-11-32(12-4-1)34-20-24-38(25-21-34)49-45-27-23-37(31-42(45)47-46(49)19-10-28-48-47)36-22-26-44-41(30-36)40-17-7-8-18-43(40)50(44)39-16-9-15-35(29-39)33-13-5-2-6-14-33;1-3-10-32(11-4-1)34-17-23-38(24-18-34)49-43-15-8-7-14-40(43)41-30-36(21-27-44(41)49)37-22-28-45-42(31-37)47-46(16-9-29-48-47)50(45)39-25-19-35(20-26-39)33-12-5-2-6-13-33/h3*1-31H. The molecule has 30 aromatic rings. The van der Waals surface area contributed by atoms with Gasteiger partial charge in [-0.15, -0.1) is 0 Å². The fraction of sp³-hybridized carbons (Fsp3) is 0. The summed E-state index contributed by atoms with van der Waals surface area (Å²) in [5, 5.41) is 10.9. The average Bonchev–Trinajstić information content (AvgIpc) is 1.57. The van der Waals surface area contributed by atoms with Gasteiger partial charge in [-0.3, -0.25) is 15.0 Å². The van der Waals surface area contributed by atoms with Gasteiger partial charge >= 0.3 is 0 Å². The highest BCUT2D eigenvalue weighted by Gasteiger charge is 2.24. The van der Waals surface area contributed by atoms with Crippen LogP contribution in [-0.2, 0) is 0 Å². The summed E-state index contributed by atoms with van der Waals surface area (Å²) in [5.74, 6) is 0. The first kappa shape index (κ1) is 87.6. The van der Waals surface area contributed by atoms with Crippen LogP contribution in [0, 0.1) is 0 Å². The van der Waals surface area contributed by atoms with E-state index in [2.05, 4.69) is 555 Å². The third-order valence-electron chi connectivity index (χ3n) is 29.9. The smallest absolute Gasteiger partial charge is 0.0963 e. The predicted octanol–water partition coefficient (Wildman–Crippen LogP) is 36.8. The van der Waals surface area contributed by atoms with E-state index in [-0.39, 0.29) is 0 Å². The van der Waals surface area contributed by atoms with Crippen LogP contribution in [0.25, 0.3) is 265 Å². The summed E-state index contributed by atoms with van der Waals surface area (Å²) in [4.78, 5) is 14.7. The SMILES string of the molecule is c1ccc(-c2ccc(-n3c4ccc(-c5ccc6c(c5)c5ccccc5n6-c5cccc(-c6ccccc6)c5)cc4c4ncccc43)cc2)cc1.c1ccc(-c2ccc(-n3c4ccccc4c4cc(-c5ccc6c(c5)c5ncccc5n6-c5ccc(-c6ccccc6)cc5)ccc43)cc2)cc1.c1ccc(-c2cccc(-n3c4ccccc4c4cc(-c5ccc6c(c5)c5ncccc5n6-c5cccc(-c6ccccc6)c5)ccc43)c2)cc1. The number of aromatic nitrogens is 9. The van der Waals surface area contributed by atoms with E-state index in [1.807, 2.05) is 36.8 Å². The van der Waals surface area contributed by atoms with Crippen molar-refractivity contribution in [1.29, 1.82) is 0 Å². The largest absolute Gasteiger partial charge is 0.309 e. The third kappa shape index (κ3) is 15.5. The molecule has 0 saturated heterocycles. The van der Waals surface area contributed by atoms with Crippen molar-refractivity contribution in [1.82, 2.24) is 42.4 Å². The molecule has 150 heavy (non-hydrogen) atoms. The van der Waals surface area contributed by atoms with Crippen molar-refractivity contribution < 1.29 is 0 Å². The van der Waals surface area contributed by atoms with Gasteiger partial charge in [-0.05, 0) is 300 Å². The summed E-state index contributed by atoms with van der Waals surface area (Å²) in [6.45, 7) is 0. The number of pyridine rings is 3. The fourth-order valence-corrected chi connectivity index (χ4v) is 22.8. The molecule has 21 aromatic carbocycles. The van der Waals surface area contributed by atoms with Gasteiger partial charge in [0.05, 0.1) is 82.8 Å². The highest BCUT2D eigenvalue weighted by atomic mass is 15.0. The van der Waals surface area contributed by atoms with Gasteiger partial charge in [0.15, 0.2) is 0 Å². The Morgan fingerprint density at radius 3 is 0.540 bits per heavy atom. The average molecular weight is 1910 g/mol. The topological polar surface area (TPSA) is 68.2 Å². The molecule has 0 spiro atoms. The third-order valence-corrected chi connectivity index (χ3v) is 29.9. The van der Waals surface area contributed by atoms with Crippen LogP contribution in [0.15, 0.2) is 565 Å². The van der Waals surface area contributed by atoms with Gasteiger partial charge in [0.1, 0.15) is 0 Å². The first-order valence-corrected chi connectivity index (χ1v) is 51.1. The maximum atomic E-state index is 4.90. The zero-order valence-corrected chi connectivity index (χ0v) is 81.7. The van der Waals surface area contributed by atoms with Gasteiger partial charge in [-0.1, -0.05) is 346 Å². The fourth-order valence-electron chi connectivity index (χ4n) is 22.8. The van der Waals surface area contributed by atoms with E-state index in [1.54, 1.807) is 0 Å². The molecule has 0 aliphatic heterocycles. The molecule has 30 rings (SSSR count). The molecule has 0 N–H and O–H groups in total. The monoisotopic (exact) mass is 1910 g/mol. The number of rotatable bonds is 15. The summed E-state index contributed by atoms with van der Waals surface area (Å²) in [6.07, 6.45) is 5.68. The summed E-state index contributed by atoms with van der Waals surface area (Å²) < 4.78 is 14.2. The second-order valence-corrected chi connectivity index (χ2v) is 38.6. The highest BCUT2D eigenvalue weighted by Crippen LogP contribution is 2.46. The van der Waals surface area contributed by atoms with E-state index in [0.29, 0.717) is 0 Å². The van der Waals surface area contributed by atoms with Crippen molar-refractivity contribution in [2.45, 2.75) is 0 Å². The Kier molecular flexibility index (Phi) is 21.8. The predicted molar refractivity (Wildman–Crippen MR) is 628 cm³/mol. The number of hydrogen-bond acceptors (Lipinski definition) is 3. The molecule has 0 aliphatic carbocycles. The molecule has 0 amide bonds. The van der Waals surface area contributed by atoms with Crippen LogP contribution in [0.4, 0.5) is 0 Å². The molecule has 0 unspecified atom stereocenters. The molecule has 9 heterocycles. The van der Waals surface area contributed by atoms with Crippen LogP contribution in [0.2, 0.25) is 0 Å². The quantitative estimate of drug-likeness (QED) is 0.103. The van der Waals surface area contributed by atoms with Crippen LogP contribution < -0.4 is 0 Å². The maximum absolute atomic E-state index is 4.90. The van der Waals surface area contributed by atoms with E-state index in [0.717, 1.165) is 99.9 Å². The lowest BCUT2D eigenvalue weighted by Crippen LogP contribution is -1.94. The second kappa shape index (κ2) is 37.2. The van der Waals surface area contributed by atoms with E-state index in [9.17, 15) is 0 Å². The lowest BCUT2D eigenvalue weighted by Gasteiger charge is -2.11. The minimum absolute atomic E-state index is 1.01. The lowest BCUT2D eigenvalue weighted by atomic mass is 10.0. The van der Waals surface area contributed by atoms with Crippen LogP contribution in [0.3, 0.4) is 0 Å². The van der Waals surface area contributed by atoms with E-state index < -0.39 is 0 Å². The summed E-state index contributed by atoms with van der Waals surface area (Å²) >= 11 is 0. The highest BCUT2D eigenvalue weighted by molar-refractivity contribution is 6.17. The Morgan fingerprint density at radius 1 is 0.100 bits per heavy atom. The molecule has 0 fully saturated rings. The Balaban J connectivity index is 0.000000108. The molecule has 9 heteroatoms. The van der Waals surface area contributed by atoms with Crippen molar-refractivity contribution in [3.63, 3.8) is 0 Å². The molecule has 0 radical (unpaired) electrons. The Morgan fingerprint density at radius 2 is 0.273 bits per heavy atom. The molecule has 9 aromatic heterocycles. The number of nitrogens with zero attached hydrogens (tertiary/aromatic N) is 9. The van der Waals surface area contributed by atoms with Crippen LogP contribution in [0.5, 0.6) is 0 Å². The van der Waals surface area contributed by atoms with Gasteiger partial charge < -0.3 is 27.4 Å². The molecule has 0 atom stereocenters. The van der Waals surface area contributed by atoms with Crippen molar-refractivity contribution in [2.75, 3.05) is 0 Å². The molecule has 702 valence electrons. The van der Waals surface area contributed by atoms with Crippen molar-refractivity contribution in [2.24, 2.45) is 0 Å². The Hall–Kier alpha value is -20.1. The van der Waals surface area contributed by atoms with Gasteiger partial charge in [-0.2, -0.15) is 0 Å². The van der Waals surface area contributed by atoms with Gasteiger partial charge in [0.25, 0.3) is 0 Å². The Labute approximate surface area is 866 Å². The lowest BCUT2D eigenvalue weighted by molar-refractivity contribution is 1.18. The molecule has 0 aliphatic rings. The minimum atomic E-state index is 1.01. The Bertz CT molecular complexity index is 10000. The number of hydrogen-bond donors (Lipinski definition) is 0.